The van der Waals surface area contributed by atoms with Crippen molar-refractivity contribution in [3.8, 4) is 5.75 Å². The molecule has 3 aromatic rings. The number of rotatable bonds is 5. The van der Waals surface area contributed by atoms with Crippen molar-refractivity contribution in [2.45, 2.75) is 18.8 Å². The summed E-state index contributed by atoms with van der Waals surface area (Å²) in [6.07, 6.45) is 3.01. The minimum absolute atomic E-state index is 0.0899. The highest BCUT2D eigenvalue weighted by Crippen LogP contribution is 2.27. The average Bonchev–Trinajstić information content (AvgIpc) is 2.78. The lowest BCUT2D eigenvalue weighted by Gasteiger charge is -2.32. The van der Waals surface area contributed by atoms with E-state index in [2.05, 4.69) is 15.0 Å². The number of aromatic nitrogens is 3. The van der Waals surface area contributed by atoms with E-state index in [1.54, 1.807) is 16.0 Å². The van der Waals surface area contributed by atoms with Gasteiger partial charge in [0.1, 0.15) is 11.6 Å². The van der Waals surface area contributed by atoms with Crippen molar-refractivity contribution in [3.63, 3.8) is 0 Å². The number of hydrogen-bond donors (Lipinski definition) is 1. The van der Waals surface area contributed by atoms with Gasteiger partial charge in [0.2, 0.25) is 5.95 Å². The summed E-state index contributed by atoms with van der Waals surface area (Å²) in [7, 11) is 3.70. The Kier molecular flexibility index (Phi) is 5.83. The SMILES string of the molecule is CN(C)c1ncc2c(=O)[nH]c(C3CCN(C(=O)COc4ccc(F)cc4)CC3)cc2n1. The molecule has 3 heterocycles. The molecule has 0 radical (unpaired) electrons. The van der Waals surface area contributed by atoms with E-state index in [4.69, 9.17) is 4.74 Å². The molecule has 9 heteroatoms. The minimum atomic E-state index is -0.350. The molecule has 1 aliphatic heterocycles. The van der Waals surface area contributed by atoms with Crippen LogP contribution in [0.1, 0.15) is 24.5 Å². The van der Waals surface area contributed by atoms with Crippen LogP contribution < -0.4 is 15.2 Å². The second kappa shape index (κ2) is 8.71. The predicted molar refractivity (Wildman–Crippen MR) is 115 cm³/mol. The smallest absolute Gasteiger partial charge is 0.260 e. The van der Waals surface area contributed by atoms with Crippen LogP contribution in [0, 0.1) is 5.82 Å². The lowest BCUT2D eigenvalue weighted by atomic mass is 9.92. The van der Waals surface area contributed by atoms with Crippen LogP contribution in [-0.4, -0.2) is 59.6 Å². The van der Waals surface area contributed by atoms with Gasteiger partial charge >= 0.3 is 0 Å². The third-order valence-electron chi connectivity index (χ3n) is 5.46. The largest absolute Gasteiger partial charge is 0.484 e. The summed E-state index contributed by atoms with van der Waals surface area (Å²) in [6, 6.07) is 7.49. The van der Waals surface area contributed by atoms with Crippen molar-refractivity contribution in [2.24, 2.45) is 0 Å². The second-order valence-corrected chi connectivity index (χ2v) is 7.81. The predicted octanol–water partition coefficient (Wildman–Crippen LogP) is 2.31. The zero-order chi connectivity index (χ0) is 22.0. The second-order valence-electron chi connectivity index (χ2n) is 7.81. The topological polar surface area (TPSA) is 91.4 Å². The number of nitrogens with zero attached hydrogens (tertiary/aromatic N) is 4. The zero-order valence-corrected chi connectivity index (χ0v) is 17.5. The van der Waals surface area contributed by atoms with E-state index in [1.807, 2.05) is 20.2 Å². The van der Waals surface area contributed by atoms with Crippen LogP contribution in [0.4, 0.5) is 10.3 Å². The van der Waals surface area contributed by atoms with Crippen LogP contribution in [-0.2, 0) is 4.79 Å². The Morgan fingerprint density at radius 3 is 2.65 bits per heavy atom. The van der Waals surface area contributed by atoms with E-state index in [-0.39, 0.29) is 29.8 Å². The normalized spacial score (nSPS) is 14.6. The van der Waals surface area contributed by atoms with Crippen LogP contribution in [0.3, 0.4) is 0 Å². The number of aromatic amines is 1. The van der Waals surface area contributed by atoms with Gasteiger partial charge in [-0.15, -0.1) is 0 Å². The third kappa shape index (κ3) is 4.65. The van der Waals surface area contributed by atoms with Crippen LogP contribution in [0.25, 0.3) is 10.9 Å². The monoisotopic (exact) mass is 425 g/mol. The van der Waals surface area contributed by atoms with E-state index < -0.39 is 0 Å². The number of ether oxygens (including phenoxy) is 1. The Bertz CT molecular complexity index is 1140. The number of likely N-dealkylation sites (tertiary alicyclic amines) is 1. The summed E-state index contributed by atoms with van der Waals surface area (Å²) in [4.78, 5) is 40.1. The number of halogens is 1. The van der Waals surface area contributed by atoms with Crippen LogP contribution in [0.2, 0.25) is 0 Å². The number of piperidine rings is 1. The summed E-state index contributed by atoms with van der Waals surface area (Å²) < 4.78 is 18.4. The molecule has 0 bridgehead atoms. The van der Waals surface area contributed by atoms with Crippen LogP contribution >= 0.6 is 0 Å². The van der Waals surface area contributed by atoms with Gasteiger partial charge in [-0.25, -0.2) is 14.4 Å². The Morgan fingerprint density at radius 2 is 1.97 bits per heavy atom. The number of nitrogens with one attached hydrogen (secondary N) is 1. The Hall–Kier alpha value is -3.49. The van der Waals surface area contributed by atoms with E-state index in [0.717, 1.165) is 18.5 Å². The van der Waals surface area contributed by atoms with Gasteiger partial charge < -0.3 is 19.5 Å². The van der Waals surface area contributed by atoms with Gasteiger partial charge in [0.15, 0.2) is 6.61 Å². The van der Waals surface area contributed by atoms with Crippen molar-refractivity contribution in [1.29, 1.82) is 0 Å². The summed E-state index contributed by atoms with van der Waals surface area (Å²) in [5.41, 5.74) is 1.24. The number of anilines is 1. The first-order valence-electron chi connectivity index (χ1n) is 10.1. The van der Waals surface area contributed by atoms with E-state index in [9.17, 15) is 14.0 Å². The van der Waals surface area contributed by atoms with Crippen molar-refractivity contribution >= 4 is 22.8 Å². The molecule has 1 saturated heterocycles. The molecular weight excluding hydrogens is 401 g/mol. The Morgan fingerprint density at radius 1 is 1.26 bits per heavy atom. The molecule has 1 aliphatic rings. The first-order chi connectivity index (χ1) is 14.9. The number of benzene rings is 1. The molecule has 0 spiro atoms. The van der Waals surface area contributed by atoms with Crippen LogP contribution in [0.15, 0.2) is 41.3 Å². The quantitative estimate of drug-likeness (QED) is 0.675. The molecular formula is C22H24FN5O3. The van der Waals surface area contributed by atoms with Gasteiger partial charge in [0.05, 0.1) is 10.9 Å². The summed E-state index contributed by atoms with van der Waals surface area (Å²) >= 11 is 0. The fourth-order valence-electron chi connectivity index (χ4n) is 3.69. The lowest BCUT2D eigenvalue weighted by molar-refractivity contribution is -0.134. The van der Waals surface area contributed by atoms with E-state index >= 15 is 0 Å². The summed E-state index contributed by atoms with van der Waals surface area (Å²) in [5, 5.41) is 0.458. The number of fused-ring (bicyclic) bond motifs is 1. The third-order valence-corrected chi connectivity index (χ3v) is 5.46. The molecule has 0 saturated carbocycles. The molecule has 1 N–H and O–H groups in total. The standard InChI is InChI=1S/C22H24FN5O3/c1-27(2)22-24-12-17-19(26-22)11-18(25-21(17)30)14-7-9-28(10-8-14)20(29)13-31-16-5-3-15(23)4-6-16/h3-6,11-12,14H,7-10,13H2,1-2H3,(H,25,30). The van der Waals surface area contributed by atoms with Gasteiger partial charge in [0, 0.05) is 45.0 Å². The van der Waals surface area contributed by atoms with Crippen LogP contribution in [0.5, 0.6) is 5.75 Å². The van der Waals surface area contributed by atoms with E-state index in [1.165, 1.54) is 24.3 Å². The highest BCUT2D eigenvalue weighted by atomic mass is 19.1. The molecule has 0 unspecified atom stereocenters. The zero-order valence-electron chi connectivity index (χ0n) is 17.5. The molecule has 2 aromatic heterocycles. The van der Waals surface area contributed by atoms with E-state index in [0.29, 0.717) is 35.7 Å². The lowest BCUT2D eigenvalue weighted by Crippen LogP contribution is -2.40. The van der Waals surface area contributed by atoms with Crippen molar-refractivity contribution in [3.05, 3.63) is 58.4 Å². The molecule has 1 amide bonds. The van der Waals surface area contributed by atoms with Crippen molar-refractivity contribution in [1.82, 2.24) is 19.9 Å². The number of pyridine rings is 1. The first kappa shape index (κ1) is 20.8. The summed E-state index contributed by atoms with van der Waals surface area (Å²) in [5.74, 6) is 0.676. The van der Waals surface area contributed by atoms with Crippen molar-refractivity contribution < 1.29 is 13.9 Å². The van der Waals surface area contributed by atoms with Gasteiger partial charge in [-0.05, 0) is 43.2 Å². The molecule has 0 atom stereocenters. The maximum atomic E-state index is 13.0. The molecule has 1 aromatic carbocycles. The number of H-pyrrole nitrogens is 1. The fraction of sp³-hybridized carbons (Fsp3) is 0.364. The molecule has 0 aliphatic carbocycles. The summed E-state index contributed by atoms with van der Waals surface area (Å²) in [6.45, 7) is 1.06. The molecule has 4 rings (SSSR count). The molecule has 8 nitrogen and oxygen atoms in total. The number of carbonyl (C=O) groups excluding carboxylic acids is 1. The number of hydrogen-bond acceptors (Lipinski definition) is 6. The molecule has 1 fully saturated rings. The highest BCUT2D eigenvalue weighted by molar-refractivity contribution is 5.78. The average molecular weight is 425 g/mol. The van der Waals surface area contributed by atoms with Gasteiger partial charge in [-0.3, -0.25) is 9.59 Å². The maximum Gasteiger partial charge on any atom is 0.260 e. The minimum Gasteiger partial charge on any atom is -0.484 e. The molecule has 31 heavy (non-hydrogen) atoms. The van der Waals surface area contributed by atoms with Crippen molar-refractivity contribution in [2.75, 3.05) is 38.7 Å². The first-order valence-corrected chi connectivity index (χ1v) is 10.1. The highest BCUT2D eigenvalue weighted by Gasteiger charge is 2.25. The fourth-order valence-corrected chi connectivity index (χ4v) is 3.69. The Labute approximate surface area is 178 Å². The van der Waals surface area contributed by atoms with Gasteiger partial charge in [0.25, 0.3) is 11.5 Å². The molecule has 162 valence electrons. The van der Waals surface area contributed by atoms with Gasteiger partial charge in [-0.1, -0.05) is 0 Å². The number of carbonyl (C=O) groups is 1. The van der Waals surface area contributed by atoms with Gasteiger partial charge in [-0.2, -0.15) is 0 Å². The number of amides is 1. The maximum absolute atomic E-state index is 13.0. The Balaban J connectivity index is 1.39.